The van der Waals surface area contributed by atoms with Crippen LogP contribution in [0, 0.1) is 5.92 Å². The third kappa shape index (κ3) is 3.61. The maximum absolute atomic E-state index is 12.0. The van der Waals surface area contributed by atoms with Crippen LogP contribution >= 0.6 is 0 Å². The van der Waals surface area contributed by atoms with E-state index in [1.165, 1.54) is 0 Å². The van der Waals surface area contributed by atoms with E-state index in [4.69, 9.17) is 5.11 Å². The predicted molar refractivity (Wildman–Crippen MR) is 49.2 cm³/mol. The Hall–Kier alpha value is -0.150. The molecule has 0 aromatic heterocycles. The largest absolute Gasteiger partial charge is 0.393 e. The molecule has 1 saturated carbocycles. The van der Waals surface area contributed by atoms with Crippen LogP contribution in [0.1, 0.15) is 38.5 Å². The lowest BCUT2D eigenvalue weighted by molar-refractivity contribution is 0.0475. The molecular formula is C10H19FO2. The normalized spacial score (nSPS) is 32.5. The van der Waals surface area contributed by atoms with E-state index in [9.17, 15) is 9.50 Å². The molecule has 0 aliphatic heterocycles. The molecule has 3 atom stereocenters. The van der Waals surface area contributed by atoms with Crippen LogP contribution < -0.4 is 0 Å². The fraction of sp³-hybridized carbons (Fsp3) is 1.00. The van der Waals surface area contributed by atoms with Gasteiger partial charge in [-0.2, -0.15) is 0 Å². The maximum Gasteiger partial charge on any atom is 0.115 e. The van der Waals surface area contributed by atoms with Crippen molar-refractivity contribution in [1.29, 1.82) is 0 Å². The number of hydrogen-bond donors (Lipinski definition) is 2. The Morgan fingerprint density at radius 2 is 1.92 bits per heavy atom. The number of aliphatic hydroxyl groups is 2. The molecule has 0 amide bonds. The van der Waals surface area contributed by atoms with Crippen molar-refractivity contribution in [3.8, 4) is 0 Å². The quantitative estimate of drug-likeness (QED) is 0.664. The Kier molecular flexibility index (Phi) is 4.67. The van der Waals surface area contributed by atoms with Gasteiger partial charge >= 0.3 is 0 Å². The molecule has 1 rings (SSSR count). The van der Waals surface area contributed by atoms with Crippen LogP contribution in [0.2, 0.25) is 0 Å². The number of hydrogen-bond acceptors (Lipinski definition) is 2. The highest BCUT2D eigenvalue weighted by atomic mass is 19.1. The summed E-state index contributed by atoms with van der Waals surface area (Å²) >= 11 is 0. The van der Waals surface area contributed by atoms with E-state index in [2.05, 4.69) is 0 Å². The van der Waals surface area contributed by atoms with E-state index in [1.807, 2.05) is 0 Å². The van der Waals surface area contributed by atoms with Gasteiger partial charge in [0.25, 0.3) is 0 Å². The van der Waals surface area contributed by atoms with E-state index in [-0.39, 0.29) is 12.0 Å². The Balaban J connectivity index is 2.35. The minimum Gasteiger partial charge on any atom is -0.393 e. The summed E-state index contributed by atoms with van der Waals surface area (Å²) in [6.45, 7) is -0.691. The third-order valence-corrected chi connectivity index (χ3v) is 2.87. The zero-order chi connectivity index (χ0) is 9.68. The van der Waals surface area contributed by atoms with E-state index in [1.54, 1.807) is 0 Å². The van der Waals surface area contributed by atoms with Crippen LogP contribution in [-0.2, 0) is 0 Å². The average Bonchev–Trinajstić information content (AvgIpc) is 2.32. The molecule has 78 valence electrons. The molecule has 13 heavy (non-hydrogen) atoms. The molecule has 2 N–H and O–H groups in total. The van der Waals surface area contributed by atoms with Crippen LogP contribution in [0.25, 0.3) is 0 Å². The predicted octanol–water partition coefficient (Wildman–Crippen LogP) is 1.65. The van der Waals surface area contributed by atoms with Crippen molar-refractivity contribution in [1.82, 2.24) is 0 Å². The summed E-state index contributed by atoms with van der Waals surface area (Å²) in [5, 5.41) is 18.8. The number of alkyl halides is 1. The van der Waals surface area contributed by atoms with Crippen molar-refractivity contribution in [2.75, 3.05) is 6.67 Å². The van der Waals surface area contributed by atoms with Crippen LogP contribution in [0.15, 0.2) is 0 Å². The smallest absolute Gasteiger partial charge is 0.115 e. The summed E-state index contributed by atoms with van der Waals surface area (Å²) in [7, 11) is 0. The van der Waals surface area contributed by atoms with Gasteiger partial charge in [-0.05, 0) is 25.2 Å². The van der Waals surface area contributed by atoms with Crippen molar-refractivity contribution in [2.24, 2.45) is 5.92 Å². The van der Waals surface area contributed by atoms with Crippen molar-refractivity contribution >= 4 is 0 Å². The first-order valence-corrected chi connectivity index (χ1v) is 5.16. The van der Waals surface area contributed by atoms with Gasteiger partial charge in [0.05, 0.1) is 12.2 Å². The molecule has 0 spiro atoms. The Labute approximate surface area is 78.8 Å². The SMILES string of the molecule is OC(CF)CC1CCCCCC1O. The summed E-state index contributed by atoms with van der Waals surface area (Å²) in [6.07, 6.45) is 4.25. The van der Waals surface area contributed by atoms with Gasteiger partial charge in [-0.3, -0.25) is 0 Å². The van der Waals surface area contributed by atoms with Gasteiger partial charge in [0.1, 0.15) is 6.67 Å². The molecule has 0 heterocycles. The first-order chi connectivity index (χ1) is 6.24. The van der Waals surface area contributed by atoms with Gasteiger partial charge < -0.3 is 10.2 Å². The second kappa shape index (κ2) is 5.55. The van der Waals surface area contributed by atoms with Gasteiger partial charge in [-0.25, -0.2) is 4.39 Å². The van der Waals surface area contributed by atoms with E-state index in [0.29, 0.717) is 6.42 Å². The highest BCUT2D eigenvalue weighted by molar-refractivity contribution is 4.75. The molecule has 2 nitrogen and oxygen atoms in total. The molecule has 3 unspecified atom stereocenters. The Bertz CT molecular complexity index is 141. The van der Waals surface area contributed by atoms with Crippen molar-refractivity contribution < 1.29 is 14.6 Å². The molecule has 0 saturated heterocycles. The van der Waals surface area contributed by atoms with Gasteiger partial charge in [0, 0.05) is 0 Å². The molecular weight excluding hydrogens is 171 g/mol. The van der Waals surface area contributed by atoms with Crippen molar-refractivity contribution in [3.63, 3.8) is 0 Å². The van der Waals surface area contributed by atoms with E-state index < -0.39 is 12.8 Å². The molecule has 0 aromatic rings. The van der Waals surface area contributed by atoms with Crippen molar-refractivity contribution in [3.05, 3.63) is 0 Å². The molecule has 1 aliphatic carbocycles. The monoisotopic (exact) mass is 190 g/mol. The molecule has 3 heteroatoms. The number of halogens is 1. The van der Waals surface area contributed by atoms with Crippen LogP contribution in [-0.4, -0.2) is 29.1 Å². The molecule has 0 bridgehead atoms. The first-order valence-electron chi connectivity index (χ1n) is 5.16. The summed E-state index contributed by atoms with van der Waals surface area (Å²) < 4.78 is 12.0. The van der Waals surface area contributed by atoms with Crippen LogP contribution in [0.4, 0.5) is 4.39 Å². The summed E-state index contributed by atoms with van der Waals surface area (Å²) in [5.41, 5.74) is 0. The molecule has 1 fully saturated rings. The highest BCUT2D eigenvalue weighted by Crippen LogP contribution is 2.27. The molecule has 0 aromatic carbocycles. The minimum absolute atomic E-state index is 0.105. The van der Waals surface area contributed by atoms with E-state index >= 15 is 0 Å². The van der Waals surface area contributed by atoms with E-state index in [0.717, 1.165) is 32.1 Å². The van der Waals surface area contributed by atoms with Crippen molar-refractivity contribution in [2.45, 2.75) is 50.7 Å². The molecule has 1 aliphatic rings. The lowest BCUT2D eigenvalue weighted by atomic mass is 9.91. The number of rotatable bonds is 3. The topological polar surface area (TPSA) is 40.5 Å². The zero-order valence-electron chi connectivity index (χ0n) is 7.95. The Morgan fingerprint density at radius 3 is 2.62 bits per heavy atom. The lowest BCUT2D eigenvalue weighted by Crippen LogP contribution is -2.24. The summed E-state index contributed by atoms with van der Waals surface area (Å²) in [5.74, 6) is 0.105. The van der Waals surface area contributed by atoms with Gasteiger partial charge in [-0.15, -0.1) is 0 Å². The third-order valence-electron chi connectivity index (χ3n) is 2.87. The van der Waals surface area contributed by atoms with Gasteiger partial charge in [-0.1, -0.05) is 19.3 Å². The molecule has 0 radical (unpaired) electrons. The second-order valence-electron chi connectivity index (χ2n) is 4.01. The number of aliphatic hydroxyl groups excluding tert-OH is 2. The fourth-order valence-electron chi connectivity index (χ4n) is 2.05. The van der Waals surface area contributed by atoms with Gasteiger partial charge in [0.15, 0.2) is 0 Å². The fourth-order valence-corrected chi connectivity index (χ4v) is 2.05. The lowest BCUT2D eigenvalue weighted by Gasteiger charge is -2.21. The van der Waals surface area contributed by atoms with Crippen LogP contribution in [0.3, 0.4) is 0 Å². The minimum atomic E-state index is -0.877. The first kappa shape index (κ1) is 10.9. The zero-order valence-corrected chi connectivity index (χ0v) is 7.95. The summed E-state index contributed by atoms with van der Waals surface area (Å²) in [4.78, 5) is 0. The average molecular weight is 190 g/mol. The standard InChI is InChI=1S/C10H19FO2/c11-7-9(12)6-8-4-2-1-3-5-10(8)13/h8-10,12-13H,1-7H2. The summed E-state index contributed by atoms with van der Waals surface area (Å²) in [6, 6.07) is 0. The van der Waals surface area contributed by atoms with Gasteiger partial charge in [0.2, 0.25) is 0 Å². The maximum atomic E-state index is 12.0. The second-order valence-corrected chi connectivity index (χ2v) is 4.01. The van der Waals surface area contributed by atoms with Crippen LogP contribution in [0.5, 0.6) is 0 Å². The highest BCUT2D eigenvalue weighted by Gasteiger charge is 2.23. The Morgan fingerprint density at radius 1 is 1.23 bits per heavy atom.